The van der Waals surface area contributed by atoms with Crippen LogP contribution in [0.3, 0.4) is 0 Å². The zero-order chi connectivity index (χ0) is 18.0. The molecule has 2 aromatic rings. The number of carbonyl (C=O) groups is 2. The summed E-state index contributed by atoms with van der Waals surface area (Å²) in [6.07, 6.45) is 1.98. The quantitative estimate of drug-likeness (QED) is 0.815. The molecule has 2 N–H and O–H groups in total. The molecule has 0 saturated carbocycles. The van der Waals surface area contributed by atoms with Gasteiger partial charge in [-0.2, -0.15) is 0 Å². The Hall–Kier alpha value is -3.15. The Morgan fingerprint density at radius 3 is 2.60 bits per heavy atom. The number of carboxylic acids is 1. The van der Waals surface area contributed by atoms with Gasteiger partial charge in [-0.15, -0.1) is 0 Å². The second-order valence-corrected chi connectivity index (χ2v) is 5.96. The first kappa shape index (κ1) is 16.7. The maximum absolute atomic E-state index is 11.9. The normalized spacial score (nSPS) is 16.2. The first-order chi connectivity index (χ1) is 12.0. The molecule has 0 spiro atoms. The third kappa shape index (κ3) is 3.10. The van der Waals surface area contributed by atoms with Gasteiger partial charge in [-0.05, 0) is 25.5 Å². The molecule has 6 heteroatoms. The second kappa shape index (κ2) is 6.76. The summed E-state index contributed by atoms with van der Waals surface area (Å²) >= 11 is 0. The predicted molar refractivity (Wildman–Crippen MR) is 92.6 cm³/mol. The number of hydrogen-bond acceptors (Lipinski definition) is 5. The van der Waals surface area contributed by atoms with E-state index in [-0.39, 0.29) is 17.4 Å². The van der Waals surface area contributed by atoms with E-state index in [9.17, 15) is 14.7 Å². The molecule has 1 aliphatic heterocycles. The second-order valence-electron chi connectivity index (χ2n) is 5.96. The van der Waals surface area contributed by atoms with E-state index >= 15 is 0 Å². The Labute approximate surface area is 145 Å². The predicted octanol–water partition coefficient (Wildman–Crippen LogP) is 2.96. The molecule has 3 rings (SSSR count). The van der Waals surface area contributed by atoms with Crippen LogP contribution in [0, 0.1) is 0 Å². The van der Waals surface area contributed by atoms with E-state index in [2.05, 4.69) is 10.3 Å². The summed E-state index contributed by atoms with van der Waals surface area (Å²) in [7, 11) is 0. The van der Waals surface area contributed by atoms with E-state index in [1.165, 1.54) is 0 Å². The molecule has 6 nitrogen and oxygen atoms in total. The lowest BCUT2D eigenvalue weighted by Crippen LogP contribution is -2.26. The SMILES string of the molecule is CC(C)Oc1nccc2c1C(c1ccccc1)C(C(=O)O)=C(C=O)N2. The maximum atomic E-state index is 11.9. The molecule has 0 amide bonds. The average molecular weight is 338 g/mol. The summed E-state index contributed by atoms with van der Waals surface area (Å²) < 4.78 is 5.81. The number of fused-ring (bicyclic) bond motifs is 1. The largest absolute Gasteiger partial charge is 0.478 e. The molecule has 1 unspecified atom stereocenters. The first-order valence-electron chi connectivity index (χ1n) is 7.93. The monoisotopic (exact) mass is 338 g/mol. The molecular weight excluding hydrogens is 320 g/mol. The van der Waals surface area contributed by atoms with Crippen LogP contribution in [0.15, 0.2) is 53.9 Å². The highest BCUT2D eigenvalue weighted by Crippen LogP contribution is 2.45. The molecule has 0 fully saturated rings. The molecule has 2 heterocycles. The van der Waals surface area contributed by atoms with E-state index in [1.54, 1.807) is 12.3 Å². The minimum atomic E-state index is -1.16. The molecule has 1 aliphatic rings. The van der Waals surface area contributed by atoms with Crippen LogP contribution < -0.4 is 10.1 Å². The summed E-state index contributed by atoms with van der Waals surface area (Å²) in [6.45, 7) is 3.75. The standard InChI is InChI=1S/C19H18N2O4/c1-11(2)25-18-16-13(8-9-20-18)21-14(10-22)17(19(23)24)15(16)12-6-4-3-5-7-12/h3-11,15,21H,1-2H3,(H,23,24). The number of benzene rings is 1. The number of allylic oxidation sites excluding steroid dienone is 1. The lowest BCUT2D eigenvalue weighted by molar-refractivity contribution is -0.133. The fraction of sp³-hybridized carbons (Fsp3) is 0.211. The highest BCUT2D eigenvalue weighted by molar-refractivity contribution is 6.00. The van der Waals surface area contributed by atoms with Gasteiger partial charge in [0.15, 0.2) is 6.29 Å². The van der Waals surface area contributed by atoms with Gasteiger partial charge in [-0.25, -0.2) is 9.78 Å². The van der Waals surface area contributed by atoms with Gasteiger partial charge in [-0.1, -0.05) is 30.3 Å². The number of ether oxygens (including phenoxy) is 1. The molecule has 1 aromatic carbocycles. The van der Waals surface area contributed by atoms with E-state index in [4.69, 9.17) is 4.74 Å². The molecule has 25 heavy (non-hydrogen) atoms. The minimum absolute atomic E-state index is 0.0182. The van der Waals surface area contributed by atoms with Gasteiger partial charge in [0.05, 0.1) is 23.3 Å². The van der Waals surface area contributed by atoms with Crippen LogP contribution in [-0.4, -0.2) is 28.4 Å². The van der Waals surface area contributed by atoms with Crippen molar-refractivity contribution < 1.29 is 19.4 Å². The number of carbonyl (C=O) groups excluding carboxylic acids is 1. The fourth-order valence-electron chi connectivity index (χ4n) is 2.98. The lowest BCUT2D eigenvalue weighted by atomic mass is 9.81. The summed E-state index contributed by atoms with van der Waals surface area (Å²) in [4.78, 5) is 27.7. The number of aliphatic carboxylic acids is 1. The summed E-state index contributed by atoms with van der Waals surface area (Å²) in [5.74, 6) is -1.45. The van der Waals surface area contributed by atoms with Crippen molar-refractivity contribution in [2.24, 2.45) is 0 Å². The van der Waals surface area contributed by atoms with Crippen molar-refractivity contribution in [3.8, 4) is 5.88 Å². The molecule has 0 radical (unpaired) electrons. The van der Waals surface area contributed by atoms with Crippen molar-refractivity contribution in [1.82, 2.24) is 4.98 Å². The third-order valence-electron chi connectivity index (χ3n) is 3.92. The maximum Gasteiger partial charge on any atom is 0.334 e. The van der Waals surface area contributed by atoms with Gasteiger partial charge in [0.25, 0.3) is 0 Å². The Morgan fingerprint density at radius 1 is 1.28 bits per heavy atom. The van der Waals surface area contributed by atoms with Crippen LogP contribution in [-0.2, 0) is 9.59 Å². The number of anilines is 1. The van der Waals surface area contributed by atoms with Gasteiger partial charge in [0.2, 0.25) is 5.88 Å². The number of aromatic nitrogens is 1. The van der Waals surface area contributed by atoms with E-state index < -0.39 is 11.9 Å². The van der Waals surface area contributed by atoms with Crippen LogP contribution in [0.2, 0.25) is 0 Å². The van der Waals surface area contributed by atoms with Crippen LogP contribution >= 0.6 is 0 Å². The molecule has 0 aliphatic carbocycles. The Kier molecular flexibility index (Phi) is 4.52. The van der Waals surface area contributed by atoms with Gasteiger partial charge >= 0.3 is 5.97 Å². The van der Waals surface area contributed by atoms with Gasteiger partial charge in [0.1, 0.15) is 0 Å². The zero-order valence-corrected chi connectivity index (χ0v) is 13.9. The smallest absolute Gasteiger partial charge is 0.334 e. The molecule has 0 saturated heterocycles. The summed E-state index contributed by atoms with van der Waals surface area (Å²) in [5.41, 5.74) is 2.01. The van der Waals surface area contributed by atoms with Crippen molar-refractivity contribution in [1.29, 1.82) is 0 Å². The van der Waals surface area contributed by atoms with Crippen LogP contribution in [0.1, 0.15) is 30.9 Å². The number of aldehydes is 1. The Morgan fingerprint density at radius 2 is 2.00 bits per heavy atom. The van der Waals surface area contributed by atoms with Gasteiger partial charge < -0.3 is 15.2 Å². The molecule has 0 bridgehead atoms. The number of hydrogen-bond donors (Lipinski definition) is 2. The lowest BCUT2D eigenvalue weighted by Gasteiger charge is -2.30. The van der Waals surface area contributed by atoms with Crippen molar-refractivity contribution >= 4 is 17.9 Å². The first-order valence-corrected chi connectivity index (χ1v) is 7.93. The molecule has 1 atom stereocenters. The summed E-state index contributed by atoms with van der Waals surface area (Å²) in [6, 6.07) is 10.9. The van der Waals surface area contributed by atoms with Gasteiger partial charge in [0, 0.05) is 17.4 Å². The number of carboxylic acid groups (broad SMARTS) is 1. The number of nitrogens with zero attached hydrogens (tertiary/aromatic N) is 1. The zero-order valence-electron chi connectivity index (χ0n) is 13.9. The number of pyridine rings is 1. The van der Waals surface area contributed by atoms with Crippen LogP contribution in [0.25, 0.3) is 0 Å². The fourth-order valence-corrected chi connectivity index (χ4v) is 2.98. The topological polar surface area (TPSA) is 88.5 Å². The van der Waals surface area contributed by atoms with E-state index in [0.29, 0.717) is 23.4 Å². The van der Waals surface area contributed by atoms with Gasteiger partial charge in [-0.3, -0.25) is 4.79 Å². The summed E-state index contributed by atoms with van der Waals surface area (Å²) in [5, 5.41) is 12.7. The average Bonchev–Trinajstić information content (AvgIpc) is 2.60. The minimum Gasteiger partial charge on any atom is -0.478 e. The van der Waals surface area contributed by atoms with E-state index in [1.807, 2.05) is 44.2 Å². The number of rotatable bonds is 5. The van der Waals surface area contributed by atoms with Crippen molar-refractivity contribution in [2.45, 2.75) is 25.9 Å². The molecule has 1 aromatic heterocycles. The Bertz CT molecular complexity index is 844. The van der Waals surface area contributed by atoms with Crippen LogP contribution in [0.4, 0.5) is 5.69 Å². The van der Waals surface area contributed by atoms with Crippen molar-refractivity contribution in [3.05, 3.63) is 65.0 Å². The Balaban J connectivity index is 2.29. The third-order valence-corrected chi connectivity index (χ3v) is 3.92. The van der Waals surface area contributed by atoms with Crippen LogP contribution in [0.5, 0.6) is 5.88 Å². The number of nitrogens with one attached hydrogen (secondary N) is 1. The van der Waals surface area contributed by atoms with Crippen molar-refractivity contribution in [2.75, 3.05) is 5.32 Å². The van der Waals surface area contributed by atoms with E-state index in [0.717, 1.165) is 5.56 Å². The molecular formula is C19H18N2O4. The van der Waals surface area contributed by atoms with Crippen molar-refractivity contribution in [3.63, 3.8) is 0 Å². The molecule has 128 valence electrons. The highest BCUT2D eigenvalue weighted by Gasteiger charge is 2.36. The highest BCUT2D eigenvalue weighted by atomic mass is 16.5.